The molecule has 6 heteroatoms. The molecule has 4 aromatic carbocycles. The summed E-state index contributed by atoms with van der Waals surface area (Å²) in [5.41, 5.74) is 3.97. The number of amides is 1. The fourth-order valence-corrected chi connectivity index (χ4v) is 5.58. The largest absolute Gasteiger partial charge is 0.296 e. The number of rotatable bonds is 5. The molecule has 1 amide bonds. The molecule has 6 rings (SSSR count). The molecule has 1 fully saturated rings. The van der Waals surface area contributed by atoms with Gasteiger partial charge in [-0.15, -0.1) is 11.8 Å². The van der Waals surface area contributed by atoms with Crippen LogP contribution in [0.2, 0.25) is 0 Å². The fraction of sp³-hybridized carbons (Fsp3) is 0.0645. The van der Waals surface area contributed by atoms with Crippen LogP contribution in [-0.2, 0) is 4.79 Å². The molecule has 1 aliphatic rings. The van der Waals surface area contributed by atoms with Gasteiger partial charge in [-0.3, -0.25) is 19.1 Å². The van der Waals surface area contributed by atoms with E-state index in [0.717, 1.165) is 16.8 Å². The molecule has 5 nitrogen and oxygen atoms in total. The van der Waals surface area contributed by atoms with Crippen molar-refractivity contribution in [2.45, 2.75) is 5.37 Å². The second kappa shape index (κ2) is 9.91. The van der Waals surface area contributed by atoms with E-state index in [1.54, 1.807) is 22.4 Å². The minimum absolute atomic E-state index is 0.0648. The molecular weight excluding hydrogens is 478 g/mol. The van der Waals surface area contributed by atoms with E-state index in [4.69, 9.17) is 4.98 Å². The summed E-state index contributed by atoms with van der Waals surface area (Å²) in [5.74, 6) is 1.07. The molecule has 2 heterocycles. The standard InChI is InChI=1S/C31H23N3O2S/c35-28-21-37-29(20-15-22-9-3-1-4-10-22)33(28)24-16-18-25(19-17-24)34-30(23-11-5-2-6-12-23)32-27-14-8-7-13-26(27)31(34)36/h1-20,29H,21H2/b20-15+. The van der Waals surface area contributed by atoms with Crippen molar-refractivity contribution in [1.82, 2.24) is 9.55 Å². The lowest BCUT2D eigenvalue weighted by Crippen LogP contribution is -2.31. The van der Waals surface area contributed by atoms with E-state index in [-0.39, 0.29) is 16.8 Å². The maximum absolute atomic E-state index is 13.6. The van der Waals surface area contributed by atoms with E-state index in [0.29, 0.717) is 28.2 Å². The number of thioether (sulfide) groups is 1. The van der Waals surface area contributed by atoms with Crippen molar-refractivity contribution in [3.8, 4) is 17.1 Å². The van der Waals surface area contributed by atoms with Crippen molar-refractivity contribution < 1.29 is 4.79 Å². The zero-order valence-electron chi connectivity index (χ0n) is 19.9. The number of nitrogens with zero attached hydrogens (tertiary/aromatic N) is 3. The lowest BCUT2D eigenvalue weighted by molar-refractivity contribution is -0.115. The summed E-state index contributed by atoms with van der Waals surface area (Å²) in [4.78, 5) is 33.1. The van der Waals surface area contributed by atoms with Gasteiger partial charge in [0.25, 0.3) is 5.56 Å². The molecule has 0 spiro atoms. The van der Waals surface area contributed by atoms with Crippen molar-refractivity contribution in [1.29, 1.82) is 0 Å². The lowest BCUT2D eigenvalue weighted by atomic mass is 10.1. The molecule has 1 aromatic heterocycles. The van der Waals surface area contributed by atoms with Crippen LogP contribution in [-0.4, -0.2) is 26.6 Å². The number of carbonyl (C=O) groups is 1. The third-order valence-electron chi connectivity index (χ3n) is 6.35. The summed E-state index contributed by atoms with van der Waals surface area (Å²) < 4.78 is 1.65. The number of aromatic nitrogens is 2. The Kier molecular flexibility index (Phi) is 6.16. The first-order valence-electron chi connectivity index (χ1n) is 12.0. The van der Waals surface area contributed by atoms with E-state index < -0.39 is 0 Å². The summed E-state index contributed by atoms with van der Waals surface area (Å²) >= 11 is 1.60. The summed E-state index contributed by atoms with van der Waals surface area (Å²) in [5, 5.41) is 0.465. The summed E-state index contributed by atoms with van der Waals surface area (Å²) in [6, 6.07) is 34.7. The van der Waals surface area contributed by atoms with Gasteiger partial charge in [0, 0.05) is 11.3 Å². The number of hydrogen-bond donors (Lipinski definition) is 0. The predicted molar refractivity (Wildman–Crippen MR) is 152 cm³/mol. The number of hydrogen-bond acceptors (Lipinski definition) is 4. The van der Waals surface area contributed by atoms with Crippen LogP contribution in [0.1, 0.15) is 5.56 Å². The molecule has 5 aromatic rings. The van der Waals surface area contributed by atoms with Crippen LogP contribution in [0.3, 0.4) is 0 Å². The van der Waals surface area contributed by atoms with Gasteiger partial charge in [0.15, 0.2) is 0 Å². The quantitative estimate of drug-likeness (QED) is 0.289. The number of para-hydroxylation sites is 1. The Balaban J connectivity index is 1.40. The fourth-order valence-electron chi connectivity index (χ4n) is 4.55. The Hall–Kier alpha value is -4.42. The Morgan fingerprint density at radius 3 is 2.16 bits per heavy atom. The molecule has 1 atom stereocenters. The van der Waals surface area contributed by atoms with Crippen LogP contribution in [0.5, 0.6) is 0 Å². The number of fused-ring (bicyclic) bond motifs is 1. The zero-order valence-corrected chi connectivity index (χ0v) is 20.7. The minimum atomic E-state index is -0.131. The molecule has 1 saturated heterocycles. The van der Waals surface area contributed by atoms with Crippen LogP contribution < -0.4 is 10.5 Å². The SMILES string of the molecule is O=C1CSC(/C=C/c2ccccc2)N1c1ccc(-n2c(-c3ccccc3)nc3ccccc3c2=O)cc1. The van der Waals surface area contributed by atoms with Gasteiger partial charge >= 0.3 is 0 Å². The van der Waals surface area contributed by atoms with Crippen LogP contribution in [0.4, 0.5) is 5.69 Å². The van der Waals surface area contributed by atoms with Crippen LogP contribution in [0.25, 0.3) is 34.1 Å². The Bertz CT molecular complexity index is 1660. The van der Waals surface area contributed by atoms with Crippen LogP contribution in [0, 0.1) is 0 Å². The number of benzene rings is 4. The first-order valence-corrected chi connectivity index (χ1v) is 13.1. The van der Waals surface area contributed by atoms with Gasteiger partial charge in [-0.25, -0.2) is 4.98 Å². The van der Waals surface area contributed by atoms with Gasteiger partial charge in [0.1, 0.15) is 11.2 Å². The van der Waals surface area contributed by atoms with Crippen molar-refractivity contribution in [2.75, 3.05) is 10.7 Å². The normalized spacial score (nSPS) is 15.6. The highest BCUT2D eigenvalue weighted by Gasteiger charge is 2.31. The third-order valence-corrected chi connectivity index (χ3v) is 7.47. The summed E-state index contributed by atoms with van der Waals surface area (Å²) in [6.07, 6.45) is 4.11. The third kappa shape index (κ3) is 4.47. The van der Waals surface area contributed by atoms with Crippen molar-refractivity contribution in [2.24, 2.45) is 0 Å². The second-order valence-corrected chi connectivity index (χ2v) is 9.82. The van der Waals surface area contributed by atoms with E-state index in [1.165, 1.54) is 0 Å². The minimum Gasteiger partial charge on any atom is -0.296 e. The van der Waals surface area contributed by atoms with Crippen molar-refractivity contribution in [3.63, 3.8) is 0 Å². The van der Waals surface area contributed by atoms with E-state index in [2.05, 4.69) is 6.08 Å². The molecule has 180 valence electrons. The van der Waals surface area contributed by atoms with E-state index in [1.807, 2.05) is 114 Å². The topological polar surface area (TPSA) is 55.2 Å². The Morgan fingerprint density at radius 1 is 0.757 bits per heavy atom. The first-order chi connectivity index (χ1) is 18.2. The van der Waals surface area contributed by atoms with Gasteiger partial charge in [0.05, 0.1) is 22.3 Å². The average Bonchev–Trinajstić information content (AvgIpc) is 3.33. The molecule has 1 aliphatic heterocycles. The van der Waals surface area contributed by atoms with E-state index in [9.17, 15) is 9.59 Å². The molecule has 0 radical (unpaired) electrons. The average molecular weight is 502 g/mol. The summed E-state index contributed by atoms with van der Waals surface area (Å²) in [7, 11) is 0. The zero-order chi connectivity index (χ0) is 25.2. The maximum Gasteiger partial charge on any atom is 0.266 e. The highest BCUT2D eigenvalue weighted by molar-refractivity contribution is 8.01. The smallest absolute Gasteiger partial charge is 0.266 e. The maximum atomic E-state index is 13.6. The van der Waals surface area contributed by atoms with Crippen molar-refractivity contribution >= 4 is 40.3 Å². The highest BCUT2D eigenvalue weighted by Crippen LogP contribution is 2.33. The van der Waals surface area contributed by atoms with E-state index >= 15 is 0 Å². The van der Waals surface area contributed by atoms with Gasteiger partial charge in [-0.1, -0.05) is 84.9 Å². The molecular formula is C31H23N3O2S. The van der Waals surface area contributed by atoms with Gasteiger partial charge in [-0.2, -0.15) is 0 Å². The Morgan fingerprint density at radius 2 is 1.41 bits per heavy atom. The highest BCUT2D eigenvalue weighted by atomic mass is 32.2. The first kappa shape index (κ1) is 23.0. The molecule has 0 aliphatic carbocycles. The lowest BCUT2D eigenvalue weighted by Gasteiger charge is -2.22. The Labute approximate surface area is 218 Å². The van der Waals surface area contributed by atoms with Gasteiger partial charge in [-0.05, 0) is 42.0 Å². The van der Waals surface area contributed by atoms with Gasteiger partial charge < -0.3 is 0 Å². The van der Waals surface area contributed by atoms with Crippen molar-refractivity contribution in [3.05, 3.63) is 131 Å². The molecule has 0 saturated carbocycles. The summed E-state index contributed by atoms with van der Waals surface area (Å²) in [6.45, 7) is 0. The molecule has 1 unspecified atom stereocenters. The van der Waals surface area contributed by atoms with Crippen LogP contribution >= 0.6 is 11.8 Å². The molecule has 0 N–H and O–H groups in total. The monoisotopic (exact) mass is 501 g/mol. The number of carbonyl (C=O) groups excluding carboxylic acids is 1. The molecule has 37 heavy (non-hydrogen) atoms. The van der Waals surface area contributed by atoms with Crippen LogP contribution in [0.15, 0.2) is 120 Å². The molecule has 0 bridgehead atoms. The predicted octanol–water partition coefficient (Wildman–Crippen LogP) is 6.17. The second-order valence-electron chi connectivity index (χ2n) is 8.71. The number of anilines is 1. The van der Waals surface area contributed by atoms with Gasteiger partial charge in [0.2, 0.25) is 5.91 Å².